The molecular formula is C22H33N5OS. The van der Waals surface area contributed by atoms with Crippen LogP contribution in [0.3, 0.4) is 0 Å². The first-order valence-corrected chi connectivity index (χ1v) is 12.1. The molecule has 1 fully saturated rings. The normalized spacial score (nSPS) is 21.5. The summed E-state index contributed by atoms with van der Waals surface area (Å²) in [6, 6.07) is 4.31. The largest absolute Gasteiger partial charge is 0.312 e. The Kier molecular flexibility index (Phi) is 6.77. The zero-order chi connectivity index (χ0) is 20.2. The van der Waals surface area contributed by atoms with Gasteiger partial charge in [0.2, 0.25) is 0 Å². The van der Waals surface area contributed by atoms with E-state index in [-0.39, 0.29) is 5.56 Å². The molecule has 2 atom stereocenters. The van der Waals surface area contributed by atoms with Gasteiger partial charge in [-0.2, -0.15) is 16.9 Å². The van der Waals surface area contributed by atoms with Crippen molar-refractivity contribution in [2.45, 2.75) is 38.3 Å². The van der Waals surface area contributed by atoms with Gasteiger partial charge in [-0.3, -0.25) is 9.89 Å². The molecule has 2 aliphatic heterocycles. The number of aromatic amines is 1. The number of likely N-dealkylation sites (N-methyl/N-ethyl adjacent to an activating group) is 1. The van der Waals surface area contributed by atoms with Gasteiger partial charge in [0.1, 0.15) is 0 Å². The number of piperidine rings is 1. The van der Waals surface area contributed by atoms with Crippen LogP contribution in [0.4, 0.5) is 0 Å². The van der Waals surface area contributed by atoms with Crippen molar-refractivity contribution in [2.75, 3.05) is 45.2 Å². The minimum atomic E-state index is 0.225. The van der Waals surface area contributed by atoms with Crippen molar-refractivity contribution < 1.29 is 0 Å². The maximum Gasteiger partial charge on any atom is 0.255 e. The Bertz CT molecular complexity index is 849. The molecule has 0 aliphatic carbocycles. The van der Waals surface area contributed by atoms with Crippen molar-refractivity contribution in [1.29, 1.82) is 0 Å². The van der Waals surface area contributed by atoms with Gasteiger partial charge >= 0.3 is 0 Å². The van der Waals surface area contributed by atoms with Gasteiger partial charge in [-0.25, -0.2) is 0 Å². The molecule has 6 nitrogen and oxygen atoms in total. The van der Waals surface area contributed by atoms with E-state index in [1.807, 2.05) is 24.2 Å². The molecule has 4 heterocycles. The summed E-state index contributed by atoms with van der Waals surface area (Å²) in [4.78, 5) is 18.1. The van der Waals surface area contributed by atoms with E-state index in [9.17, 15) is 4.79 Å². The molecule has 1 saturated heterocycles. The third-order valence-corrected chi connectivity index (χ3v) is 7.06. The second-order valence-corrected chi connectivity index (χ2v) is 9.68. The Morgan fingerprint density at radius 1 is 1.31 bits per heavy atom. The number of hydrogen-bond acceptors (Lipinski definition) is 5. The van der Waals surface area contributed by atoms with Gasteiger partial charge < -0.3 is 14.4 Å². The van der Waals surface area contributed by atoms with Crippen LogP contribution in [0, 0.1) is 5.92 Å². The molecule has 2 aromatic heterocycles. The lowest BCUT2D eigenvalue weighted by Crippen LogP contribution is -2.48. The van der Waals surface area contributed by atoms with Crippen molar-refractivity contribution in [3.05, 3.63) is 51.7 Å². The number of nitrogens with zero attached hydrogens (tertiary/aromatic N) is 4. The van der Waals surface area contributed by atoms with Gasteiger partial charge in [0.05, 0.1) is 6.20 Å². The maximum atomic E-state index is 13.2. The minimum absolute atomic E-state index is 0.225. The maximum absolute atomic E-state index is 13.2. The molecule has 158 valence electrons. The summed E-state index contributed by atoms with van der Waals surface area (Å²) < 4.78 is 2.09. The molecule has 0 saturated carbocycles. The average molecular weight is 416 g/mol. The van der Waals surface area contributed by atoms with Gasteiger partial charge in [0.15, 0.2) is 0 Å². The van der Waals surface area contributed by atoms with E-state index in [2.05, 4.69) is 50.0 Å². The first-order chi connectivity index (χ1) is 14.1. The molecule has 0 aromatic carbocycles. The van der Waals surface area contributed by atoms with Crippen LogP contribution >= 0.6 is 11.8 Å². The number of fused-ring (bicyclic) bond motifs is 4. The van der Waals surface area contributed by atoms with Crippen molar-refractivity contribution in [3.8, 4) is 0 Å². The molecule has 0 amide bonds. The van der Waals surface area contributed by atoms with E-state index < -0.39 is 0 Å². The van der Waals surface area contributed by atoms with Crippen LogP contribution < -0.4 is 5.56 Å². The van der Waals surface area contributed by atoms with E-state index >= 15 is 0 Å². The lowest BCUT2D eigenvalue weighted by molar-refractivity contribution is 0.120. The topological polar surface area (TPSA) is 57.2 Å². The zero-order valence-corrected chi connectivity index (χ0v) is 18.5. The summed E-state index contributed by atoms with van der Waals surface area (Å²) in [5.74, 6) is 2.36. The predicted molar refractivity (Wildman–Crippen MR) is 120 cm³/mol. The van der Waals surface area contributed by atoms with Crippen molar-refractivity contribution in [1.82, 2.24) is 24.6 Å². The van der Waals surface area contributed by atoms with E-state index in [0.717, 1.165) is 38.2 Å². The number of nitrogens with one attached hydrogen (secondary N) is 1. The standard InChI is InChI=1S/C22H33N5OS/c1-25(8-6-17-11-23-24-12-17)15-19-4-5-21-20-10-18(14-27(21)22(19)28)13-26(16-20)7-3-9-29-2/h4-5,11-12,18,20H,3,6-10,13-16H2,1-2H3,(H,23,24)/t18-,20+/m0/s1. The van der Waals surface area contributed by atoms with Crippen molar-refractivity contribution in [3.63, 3.8) is 0 Å². The number of rotatable bonds is 9. The molecule has 0 spiro atoms. The van der Waals surface area contributed by atoms with Crippen LogP contribution in [-0.4, -0.2) is 69.8 Å². The van der Waals surface area contributed by atoms with Crippen LogP contribution in [0.25, 0.3) is 0 Å². The van der Waals surface area contributed by atoms with Gasteiger partial charge in [0, 0.05) is 56.1 Å². The molecule has 1 N–H and O–H groups in total. The fraction of sp³-hybridized carbons (Fsp3) is 0.636. The summed E-state index contributed by atoms with van der Waals surface area (Å²) >= 11 is 1.93. The summed E-state index contributed by atoms with van der Waals surface area (Å²) in [6.45, 7) is 5.94. The fourth-order valence-corrected chi connectivity index (χ4v) is 5.35. The highest BCUT2D eigenvalue weighted by Crippen LogP contribution is 2.35. The summed E-state index contributed by atoms with van der Waals surface area (Å²) in [5, 5.41) is 6.86. The molecule has 7 heteroatoms. The van der Waals surface area contributed by atoms with Crippen LogP contribution in [0.1, 0.15) is 35.6 Å². The highest BCUT2D eigenvalue weighted by atomic mass is 32.2. The lowest BCUT2D eigenvalue weighted by Gasteiger charge is -2.43. The zero-order valence-electron chi connectivity index (χ0n) is 17.6. The Morgan fingerprint density at radius 3 is 3.00 bits per heavy atom. The van der Waals surface area contributed by atoms with Gasteiger partial charge in [-0.05, 0) is 62.4 Å². The number of aromatic nitrogens is 3. The van der Waals surface area contributed by atoms with Crippen molar-refractivity contribution in [2.24, 2.45) is 5.92 Å². The first kappa shape index (κ1) is 20.7. The van der Waals surface area contributed by atoms with Crippen LogP contribution in [0.15, 0.2) is 29.3 Å². The molecule has 4 rings (SSSR count). The molecule has 0 unspecified atom stereocenters. The van der Waals surface area contributed by atoms with Gasteiger partial charge in [-0.15, -0.1) is 0 Å². The fourth-order valence-electron chi connectivity index (χ4n) is 4.93. The number of H-pyrrole nitrogens is 1. The molecule has 2 aromatic rings. The quantitative estimate of drug-likeness (QED) is 0.638. The monoisotopic (exact) mass is 415 g/mol. The Balaban J connectivity index is 1.41. The Hall–Kier alpha value is -1.57. The minimum Gasteiger partial charge on any atom is -0.312 e. The van der Waals surface area contributed by atoms with Crippen LogP contribution in [-0.2, 0) is 19.5 Å². The predicted octanol–water partition coefficient (Wildman–Crippen LogP) is 2.42. The van der Waals surface area contributed by atoms with Crippen LogP contribution in [0.2, 0.25) is 0 Å². The molecular weight excluding hydrogens is 382 g/mol. The number of pyridine rings is 1. The lowest BCUT2D eigenvalue weighted by atomic mass is 9.83. The summed E-state index contributed by atoms with van der Waals surface area (Å²) in [5.41, 5.74) is 3.60. The van der Waals surface area contributed by atoms with E-state index in [1.165, 1.54) is 36.4 Å². The van der Waals surface area contributed by atoms with E-state index in [1.54, 1.807) is 0 Å². The highest BCUT2D eigenvalue weighted by Gasteiger charge is 2.34. The summed E-state index contributed by atoms with van der Waals surface area (Å²) in [7, 11) is 2.09. The highest BCUT2D eigenvalue weighted by molar-refractivity contribution is 7.98. The third-order valence-electron chi connectivity index (χ3n) is 6.36. The molecule has 29 heavy (non-hydrogen) atoms. The molecule has 0 radical (unpaired) electrons. The third kappa shape index (κ3) is 4.95. The number of hydrogen-bond donors (Lipinski definition) is 1. The first-order valence-electron chi connectivity index (χ1n) is 10.7. The van der Waals surface area contributed by atoms with E-state index in [4.69, 9.17) is 0 Å². The van der Waals surface area contributed by atoms with Crippen molar-refractivity contribution >= 4 is 11.8 Å². The SMILES string of the molecule is CSCCCN1C[C@@H]2C[C@H](C1)c1ccc(CN(C)CCc3cn[nH]c3)c(=O)n1C2. The second-order valence-electron chi connectivity index (χ2n) is 8.70. The van der Waals surface area contributed by atoms with E-state index in [0.29, 0.717) is 18.4 Å². The summed E-state index contributed by atoms with van der Waals surface area (Å²) in [6.07, 6.45) is 9.42. The Morgan fingerprint density at radius 2 is 2.21 bits per heavy atom. The average Bonchev–Trinajstić information content (AvgIpc) is 3.23. The number of likely N-dealkylation sites (tertiary alicyclic amines) is 1. The van der Waals surface area contributed by atoms with Crippen LogP contribution in [0.5, 0.6) is 0 Å². The van der Waals surface area contributed by atoms with Gasteiger partial charge in [0.25, 0.3) is 5.56 Å². The number of thioether (sulfide) groups is 1. The molecule has 2 aliphatic rings. The smallest absolute Gasteiger partial charge is 0.255 e. The van der Waals surface area contributed by atoms with Gasteiger partial charge in [-0.1, -0.05) is 6.07 Å². The molecule has 2 bridgehead atoms. The Labute approximate surface area is 177 Å². The second kappa shape index (κ2) is 9.49.